The van der Waals surface area contributed by atoms with Crippen molar-refractivity contribution in [1.29, 1.82) is 0 Å². The van der Waals surface area contributed by atoms with Gasteiger partial charge in [0.1, 0.15) is 17.9 Å². The molecule has 3 aromatic rings. The highest BCUT2D eigenvalue weighted by molar-refractivity contribution is 5.87. The van der Waals surface area contributed by atoms with E-state index in [1.165, 1.54) is 0 Å². The molecule has 4 heterocycles. The Bertz CT molecular complexity index is 1300. The second-order valence-electron chi connectivity index (χ2n) is 12.2. The third-order valence-electron chi connectivity index (χ3n) is 8.50. The summed E-state index contributed by atoms with van der Waals surface area (Å²) >= 11 is 0. The summed E-state index contributed by atoms with van der Waals surface area (Å²) in [5.74, 6) is 2.40. The van der Waals surface area contributed by atoms with Crippen LogP contribution in [0.5, 0.6) is 5.75 Å². The molecule has 2 amide bonds. The van der Waals surface area contributed by atoms with Crippen molar-refractivity contribution in [2.24, 2.45) is 5.92 Å². The van der Waals surface area contributed by atoms with Crippen LogP contribution in [0.3, 0.4) is 0 Å². The smallest absolute Gasteiger partial charge is 0.320 e. The van der Waals surface area contributed by atoms with E-state index >= 15 is 0 Å². The van der Waals surface area contributed by atoms with E-state index in [-0.39, 0.29) is 11.6 Å². The molecule has 41 heavy (non-hydrogen) atoms. The summed E-state index contributed by atoms with van der Waals surface area (Å²) in [6, 6.07) is 8.27. The predicted molar refractivity (Wildman–Crippen MR) is 163 cm³/mol. The number of aromatic nitrogens is 4. The number of hydrogen-bond donors (Lipinski definition) is 0. The van der Waals surface area contributed by atoms with Gasteiger partial charge in [-0.2, -0.15) is 5.10 Å². The van der Waals surface area contributed by atoms with Gasteiger partial charge in [-0.25, -0.2) is 19.4 Å². The third kappa shape index (κ3) is 6.74. The number of piperidine rings is 1. The van der Waals surface area contributed by atoms with Crippen LogP contribution in [0.25, 0.3) is 11.0 Å². The van der Waals surface area contributed by atoms with Gasteiger partial charge in [-0.3, -0.25) is 4.90 Å². The molecule has 2 aliphatic rings. The van der Waals surface area contributed by atoms with Gasteiger partial charge in [-0.05, 0) is 70.7 Å². The number of ether oxygens (including phenoxy) is 1. The molecule has 10 nitrogen and oxygen atoms in total. The summed E-state index contributed by atoms with van der Waals surface area (Å²) in [6.07, 6.45) is 5.64. The molecule has 5 rings (SSSR count). The summed E-state index contributed by atoms with van der Waals surface area (Å²) in [7, 11) is 0. The Balaban J connectivity index is 1.16. The minimum absolute atomic E-state index is 0.182. The highest BCUT2D eigenvalue weighted by atomic mass is 16.5. The largest absolute Gasteiger partial charge is 0.494 e. The zero-order valence-electron chi connectivity index (χ0n) is 25.4. The number of fused-ring (bicyclic) bond motifs is 1. The number of anilines is 1. The molecule has 2 aromatic heterocycles. The Labute approximate surface area is 244 Å². The van der Waals surface area contributed by atoms with Crippen molar-refractivity contribution in [3.63, 3.8) is 0 Å². The van der Waals surface area contributed by atoms with Gasteiger partial charge in [0, 0.05) is 51.4 Å². The van der Waals surface area contributed by atoms with E-state index in [4.69, 9.17) is 4.74 Å². The second kappa shape index (κ2) is 12.6. The minimum Gasteiger partial charge on any atom is -0.494 e. The van der Waals surface area contributed by atoms with Crippen LogP contribution in [0, 0.1) is 5.92 Å². The first-order chi connectivity index (χ1) is 19.8. The molecule has 222 valence electrons. The Morgan fingerprint density at radius 2 is 1.76 bits per heavy atom. The Morgan fingerprint density at radius 3 is 2.44 bits per heavy atom. The average Bonchev–Trinajstić information content (AvgIpc) is 3.38. The number of likely N-dealkylation sites (tertiary alicyclic amines) is 1. The number of carbonyl (C=O) groups is 1. The zero-order chi connectivity index (χ0) is 29.0. The number of hydrogen-bond acceptors (Lipinski definition) is 7. The summed E-state index contributed by atoms with van der Waals surface area (Å²) < 4.78 is 7.57. The van der Waals surface area contributed by atoms with Crippen LogP contribution >= 0.6 is 0 Å². The number of benzene rings is 1. The zero-order valence-corrected chi connectivity index (χ0v) is 25.4. The molecule has 0 N–H and O–H groups in total. The molecule has 0 saturated carbocycles. The van der Waals surface area contributed by atoms with Crippen LogP contribution in [0.2, 0.25) is 0 Å². The molecule has 2 fully saturated rings. The van der Waals surface area contributed by atoms with Gasteiger partial charge >= 0.3 is 6.03 Å². The average molecular weight is 563 g/mol. The molecule has 0 unspecified atom stereocenters. The number of piperazine rings is 1. The van der Waals surface area contributed by atoms with Crippen LogP contribution in [0.15, 0.2) is 36.8 Å². The predicted octanol–water partition coefficient (Wildman–Crippen LogP) is 4.35. The highest BCUT2D eigenvalue weighted by Crippen LogP contribution is 2.26. The molecular weight excluding hydrogens is 516 g/mol. The fourth-order valence-electron chi connectivity index (χ4n) is 6.13. The van der Waals surface area contributed by atoms with Gasteiger partial charge in [0.2, 0.25) is 0 Å². The first-order valence-corrected chi connectivity index (χ1v) is 15.2. The van der Waals surface area contributed by atoms with Crippen LogP contribution < -0.4 is 9.64 Å². The van der Waals surface area contributed by atoms with Gasteiger partial charge in [0.25, 0.3) is 0 Å². The van der Waals surface area contributed by atoms with E-state index in [0.717, 1.165) is 80.3 Å². The standard InChI is InChI=1S/C31H46N8O2/c1-6-38(31(3,4)5)21-24-11-13-36(14-12-24)30(40)37-17-15-35(16-18-37)28-27-20-34-39(29(27)33-23-32-28)22-25-9-8-10-26(19-25)41-7-2/h8-10,19-20,23-24H,6-7,11-18,21-22H2,1-5H3. The normalized spacial score (nSPS) is 17.1. The summed E-state index contributed by atoms with van der Waals surface area (Å²) in [5, 5.41) is 5.58. The van der Waals surface area contributed by atoms with Crippen molar-refractivity contribution in [2.75, 3.05) is 63.9 Å². The highest BCUT2D eigenvalue weighted by Gasteiger charge is 2.31. The fraction of sp³-hybridized carbons (Fsp3) is 0.613. The Hall–Kier alpha value is -3.40. The number of rotatable bonds is 8. The van der Waals surface area contributed by atoms with E-state index in [2.05, 4.69) is 63.5 Å². The molecule has 0 bridgehead atoms. The number of carbonyl (C=O) groups excluding carboxylic acids is 1. The van der Waals surface area contributed by atoms with Crippen LogP contribution in [-0.4, -0.2) is 105 Å². The lowest BCUT2D eigenvalue weighted by Gasteiger charge is -2.42. The first-order valence-electron chi connectivity index (χ1n) is 15.2. The quantitative estimate of drug-likeness (QED) is 0.404. The van der Waals surface area contributed by atoms with Crippen LogP contribution in [0.1, 0.15) is 53.0 Å². The molecule has 0 atom stereocenters. The van der Waals surface area contributed by atoms with Gasteiger partial charge in [-0.1, -0.05) is 19.1 Å². The summed E-state index contributed by atoms with van der Waals surface area (Å²) in [4.78, 5) is 31.4. The number of urea groups is 1. The lowest BCUT2D eigenvalue weighted by atomic mass is 9.94. The SMILES string of the molecule is CCOc1cccc(Cn2ncc3c(N4CCN(C(=O)N5CCC(CN(CC)C(C)(C)C)CC5)CC4)ncnc32)c1. The van der Waals surface area contributed by atoms with E-state index in [9.17, 15) is 4.79 Å². The summed E-state index contributed by atoms with van der Waals surface area (Å²) in [5.41, 5.74) is 2.10. The van der Waals surface area contributed by atoms with Crippen molar-refractivity contribution in [2.45, 2.75) is 59.5 Å². The monoisotopic (exact) mass is 562 g/mol. The van der Waals surface area contributed by atoms with E-state index in [1.807, 2.05) is 40.9 Å². The lowest BCUT2D eigenvalue weighted by Crippen LogP contribution is -2.55. The van der Waals surface area contributed by atoms with Crippen molar-refractivity contribution in [1.82, 2.24) is 34.4 Å². The molecule has 0 spiro atoms. The van der Waals surface area contributed by atoms with Crippen LogP contribution in [-0.2, 0) is 6.54 Å². The maximum absolute atomic E-state index is 13.4. The summed E-state index contributed by atoms with van der Waals surface area (Å²) in [6.45, 7) is 19.1. The number of amides is 2. The molecule has 1 aromatic carbocycles. The van der Waals surface area contributed by atoms with Gasteiger partial charge < -0.3 is 19.4 Å². The third-order valence-corrected chi connectivity index (χ3v) is 8.50. The lowest BCUT2D eigenvalue weighted by molar-refractivity contribution is 0.0871. The Kier molecular flexibility index (Phi) is 8.97. The number of nitrogens with zero attached hydrogens (tertiary/aromatic N) is 8. The van der Waals surface area contributed by atoms with Crippen molar-refractivity contribution >= 4 is 22.9 Å². The van der Waals surface area contributed by atoms with Crippen molar-refractivity contribution in [3.8, 4) is 5.75 Å². The Morgan fingerprint density at radius 1 is 1.02 bits per heavy atom. The maximum atomic E-state index is 13.4. The molecule has 0 radical (unpaired) electrons. The van der Waals surface area contributed by atoms with E-state index in [0.29, 0.717) is 32.2 Å². The molecule has 2 saturated heterocycles. The van der Waals surface area contributed by atoms with Crippen molar-refractivity contribution in [3.05, 3.63) is 42.4 Å². The topological polar surface area (TPSA) is 82.9 Å². The molecular formula is C31H46N8O2. The fourth-order valence-corrected chi connectivity index (χ4v) is 6.13. The van der Waals surface area contributed by atoms with E-state index in [1.54, 1.807) is 6.33 Å². The minimum atomic E-state index is 0.182. The molecule has 2 aliphatic heterocycles. The van der Waals surface area contributed by atoms with E-state index < -0.39 is 0 Å². The second-order valence-corrected chi connectivity index (χ2v) is 12.2. The first kappa shape index (κ1) is 29.1. The van der Waals surface area contributed by atoms with Crippen LogP contribution in [0.4, 0.5) is 10.6 Å². The van der Waals surface area contributed by atoms with Gasteiger partial charge in [-0.15, -0.1) is 0 Å². The van der Waals surface area contributed by atoms with Gasteiger partial charge in [0.15, 0.2) is 5.65 Å². The van der Waals surface area contributed by atoms with Crippen molar-refractivity contribution < 1.29 is 9.53 Å². The molecule has 10 heteroatoms. The molecule has 0 aliphatic carbocycles. The maximum Gasteiger partial charge on any atom is 0.320 e. The van der Waals surface area contributed by atoms with Gasteiger partial charge in [0.05, 0.1) is 24.7 Å².